The lowest BCUT2D eigenvalue weighted by atomic mass is 10.3. The summed E-state index contributed by atoms with van der Waals surface area (Å²) in [6.45, 7) is 1.92. The largest absolute Gasteiger partial charge is 0.301 e. The predicted octanol–water partition coefficient (Wildman–Crippen LogP) is 1.75. The van der Waals surface area contributed by atoms with Gasteiger partial charge in [0.2, 0.25) is 0 Å². The van der Waals surface area contributed by atoms with Crippen molar-refractivity contribution in [2.45, 2.75) is 19.8 Å². The quantitative estimate of drug-likeness (QED) is 0.595. The Balaban J connectivity index is 3.82. The van der Waals surface area contributed by atoms with Crippen LogP contribution in [0.25, 0.3) is 0 Å². The normalized spacial score (nSPS) is 15.7. The third-order valence-corrected chi connectivity index (χ3v) is 2.57. The van der Waals surface area contributed by atoms with Gasteiger partial charge in [0.05, 0.1) is 0 Å². The first-order chi connectivity index (χ1) is 5.22. The summed E-state index contributed by atoms with van der Waals surface area (Å²) in [6.07, 6.45) is 7.21. The Hall–Kier alpha value is -0.440. The van der Waals surface area contributed by atoms with Crippen LogP contribution >= 0.6 is 0 Å². The molecular formula is C8H15NOS. The second-order valence-corrected chi connectivity index (χ2v) is 3.62. The van der Waals surface area contributed by atoms with Gasteiger partial charge in [-0.05, 0) is 26.0 Å². The molecule has 0 heterocycles. The van der Waals surface area contributed by atoms with Gasteiger partial charge in [0.1, 0.15) is 0 Å². The summed E-state index contributed by atoms with van der Waals surface area (Å²) >= 11 is 0. The van der Waals surface area contributed by atoms with E-state index in [1.54, 1.807) is 13.3 Å². The zero-order valence-electron chi connectivity index (χ0n) is 7.33. The van der Waals surface area contributed by atoms with Gasteiger partial charge in [-0.2, -0.15) is 0 Å². The van der Waals surface area contributed by atoms with Crippen LogP contribution in [-0.4, -0.2) is 23.7 Å². The summed E-state index contributed by atoms with van der Waals surface area (Å²) < 4.78 is 11.0. The molecule has 2 nitrogen and oxygen atoms in total. The molecule has 0 spiro atoms. The smallest absolute Gasteiger partial charge is 0.0453 e. The standard InChI is InChI=1S/C8H15NOS/c1-4-8(11(3)10)6-5-7-9-2/h4,7H,5-6H2,1-3H3/b8-4+,9-7?. The van der Waals surface area contributed by atoms with E-state index in [1.807, 2.05) is 19.2 Å². The highest BCUT2D eigenvalue weighted by Gasteiger charge is 1.97. The van der Waals surface area contributed by atoms with Gasteiger partial charge in [-0.25, -0.2) is 0 Å². The molecule has 0 saturated carbocycles. The van der Waals surface area contributed by atoms with Crippen molar-refractivity contribution in [3.8, 4) is 0 Å². The Bertz CT molecular complexity index is 185. The Morgan fingerprint density at radius 2 is 2.27 bits per heavy atom. The topological polar surface area (TPSA) is 29.4 Å². The van der Waals surface area contributed by atoms with E-state index in [9.17, 15) is 4.21 Å². The fraction of sp³-hybridized carbons (Fsp3) is 0.625. The summed E-state index contributed by atoms with van der Waals surface area (Å²) in [6, 6.07) is 0. The highest BCUT2D eigenvalue weighted by atomic mass is 32.2. The van der Waals surface area contributed by atoms with E-state index >= 15 is 0 Å². The lowest BCUT2D eigenvalue weighted by molar-refractivity contribution is 0.689. The van der Waals surface area contributed by atoms with E-state index in [0.29, 0.717) is 0 Å². The Labute approximate surface area is 70.9 Å². The molecule has 1 atom stereocenters. The van der Waals surface area contributed by atoms with Crippen LogP contribution in [0.5, 0.6) is 0 Å². The van der Waals surface area contributed by atoms with Crippen molar-refractivity contribution < 1.29 is 4.21 Å². The number of aliphatic imine (C=N–C) groups is 1. The van der Waals surface area contributed by atoms with Gasteiger partial charge in [0.25, 0.3) is 0 Å². The fourth-order valence-electron chi connectivity index (χ4n) is 0.790. The minimum Gasteiger partial charge on any atom is -0.301 e. The average molecular weight is 173 g/mol. The molecule has 0 aromatic heterocycles. The SMILES string of the molecule is C/C=C(\CCC=NC)S(C)=O. The lowest BCUT2D eigenvalue weighted by Gasteiger charge is -1.98. The minimum absolute atomic E-state index is 0.807. The van der Waals surface area contributed by atoms with Gasteiger partial charge < -0.3 is 4.99 Å². The summed E-state index contributed by atoms with van der Waals surface area (Å²) in [7, 11) is 0.941. The zero-order chi connectivity index (χ0) is 8.69. The van der Waals surface area contributed by atoms with Crippen molar-refractivity contribution in [2.24, 2.45) is 4.99 Å². The zero-order valence-corrected chi connectivity index (χ0v) is 8.15. The van der Waals surface area contributed by atoms with Gasteiger partial charge in [0.15, 0.2) is 0 Å². The summed E-state index contributed by atoms with van der Waals surface area (Å²) in [5, 5.41) is 0. The second kappa shape index (κ2) is 6.28. The van der Waals surface area contributed by atoms with Crippen LogP contribution in [0.1, 0.15) is 19.8 Å². The van der Waals surface area contributed by atoms with Crippen LogP contribution < -0.4 is 0 Å². The van der Waals surface area contributed by atoms with Crippen LogP contribution in [0, 0.1) is 0 Å². The molecule has 0 aliphatic rings. The van der Waals surface area contributed by atoms with Crippen LogP contribution in [0.15, 0.2) is 16.0 Å². The molecule has 0 bridgehead atoms. The third kappa shape index (κ3) is 4.90. The molecule has 0 amide bonds. The number of rotatable bonds is 4. The van der Waals surface area contributed by atoms with Crippen LogP contribution in [0.3, 0.4) is 0 Å². The molecule has 0 aliphatic carbocycles. The van der Waals surface area contributed by atoms with E-state index in [2.05, 4.69) is 4.99 Å². The molecule has 1 unspecified atom stereocenters. The molecule has 0 radical (unpaired) electrons. The van der Waals surface area contributed by atoms with E-state index in [4.69, 9.17) is 0 Å². The molecule has 0 aromatic rings. The summed E-state index contributed by atoms with van der Waals surface area (Å²) in [5.41, 5.74) is 0. The summed E-state index contributed by atoms with van der Waals surface area (Å²) in [5.74, 6) is 0. The molecule has 0 N–H and O–H groups in total. The van der Waals surface area contributed by atoms with Gasteiger partial charge in [-0.1, -0.05) is 6.08 Å². The molecule has 0 fully saturated rings. The monoisotopic (exact) mass is 173 g/mol. The maximum absolute atomic E-state index is 11.0. The Morgan fingerprint density at radius 3 is 2.64 bits per heavy atom. The van der Waals surface area contributed by atoms with Gasteiger partial charge >= 0.3 is 0 Å². The molecule has 0 aliphatic heterocycles. The fourth-order valence-corrected chi connectivity index (χ4v) is 1.53. The van der Waals surface area contributed by atoms with Crippen LogP contribution in [-0.2, 0) is 10.8 Å². The van der Waals surface area contributed by atoms with E-state index in [1.165, 1.54) is 0 Å². The first-order valence-electron chi connectivity index (χ1n) is 3.61. The van der Waals surface area contributed by atoms with Crippen molar-refractivity contribution in [1.29, 1.82) is 0 Å². The van der Waals surface area contributed by atoms with Crippen molar-refractivity contribution in [2.75, 3.05) is 13.3 Å². The number of hydrogen-bond donors (Lipinski definition) is 0. The van der Waals surface area contributed by atoms with Crippen molar-refractivity contribution in [3.05, 3.63) is 11.0 Å². The third-order valence-electron chi connectivity index (χ3n) is 1.39. The van der Waals surface area contributed by atoms with Crippen LogP contribution in [0.4, 0.5) is 0 Å². The molecule has 0 saturated heterocycles. The van der Waals surface area contributed by atoms with Gasteiger partial charge in [-0.15, -0.1) is 0 Å². The lowest BCUT2D eigenvalue weighted by Crippen LogP contribution is -1.92. The van der Waals surface area contributed by atoms with Crippen molar-refractivity contribution in [3.63, 3.8) is 0 Å². The number of nitrogens with zero attached hydrogens (tertiary/aromatic N) is 1. The highest BCUT2D eigenvalue weighted by Crippen LogP contribution is 2.06. The van der Waals surface area contributed by atoms with E-state index < -0.39 is 10.8 Å². The minimum atomic E-state index is -0.807. The number of hydrogen-bond acceptors (Lipinski definition) is 2. The molecular weight excluding hydrogens is 158 g/mol. The molecule has 11 heavy (non-hydrogen) atoms. The van der Waals surface area contributed by atoms with Gasteiger partial charge in [-0.3, -0.25) is 4.21 Å². The Kier molecular flexibility index (Phi) is 6.03. The summed E-state index contributed by atoms with van der Waals surface area (Å²) in [4.78, 5) is 4.85. The van der Waals surface area contributed by atoms with E-state index in [-0.39, 0.29) is 0 Å². The first kappa shape index (κ1) is 10.6. The van der Waals surface area contributed by atoms with Crippen LogP contribution in [0.2, 0.25) is 0 Å². The molecule has 64 valence electrons. The Morgan fingerprint density at radius 1 is 1.64 bits per heavy atom. The predicted molar refractivity (Wildman–Crippen MR) is 51.5 cm³/mol. The first-order valence-corrected chi connectivity index (χ1v) is 5.17. The second-order valence-electron chi connectivity index (χ2n) is 2.19. The molecule has 3 heteroatoms. The van der Waals surface area contributed by atoms with Gasteiger partial charge in [0, 0.05) is 29.0 Å². The van der Waals surface area contributed by atoms with Crippen molar-refractivity contribution >= 4 is 17.0 Å². The highest BCUT2D eigenvalue weighted by molar-refractivity contribution is 7.88. The number of allylic oxidation sites excluding steroid dienone is 2. The maximum atomic E-state index is 11.0. The molecule has 0 aromatic carbocycles. The van der Waals surface area contributed by atoms with Crippen molar-refractivity contribution in [1.82, 2.24) is 0 Å². The average Bonchev–Trinajstić information content (AvgIpc) is 1.97. The maximum Gasteiger partial charge on any atom is 0.0453 e. The van der Waals surface area contributed by atoms with E-state index in [0.717, 1.165) is 17.7 Å². The molecule has 0 rings (SSSR count).